The summed E-state index contributed by atoms with van der Waals surface area (Å²) in [6.07, 6.45) is 9.74. The van der Waals surface area contributed by atoms with Crippen molar-refractivity contribution in [2.45, 2.75) is 96.0 Å². The first-order valence-electron chi connectivity index (χ1n) is 10.4. The molecule has 0 N–H and O–H groups in total. The fourth-order valence-electron chi connectivity index (χ4n) is 5.94. The van der Waals surface area contributed by atoms with Crippen LogP contribution >= 0.6 is 0 Å². The third kappa shape index (κ3) is 3.97. The van der Waals surface area contributed by atoms with E-state index in [-0.39, 0.29) is 11.8 Å². The van der Waals surface area contributed by atoms with E-state index in [1.807, 2.05) is 0 Å². The first-order chi connectivity index (χ1) is 11.6. The van der Waals surface area contributed by atoms with Gasteiger partial charge in [-0.2, -0.15) is 0 Å². The second-order valence-corrected chi connectivity index (χ2v) is 8.76. The van der Waals surface area contributed by atoms with Crippen LogP contribution in [0.25, 0.3) is 0 Å². The second kappa shape index (κ2) is 8.47. The van der Waals surface area contributed by atoms with Crippen molar-refractivity contribution in [2.75, 3.05) is 7.11 Å². The van der Waals surface area contributed by atoms with Crippen LogP contribution in [-0.4, -0.2) is 25.6 Å². The van der Waals surface area contributed by atoms with E-state index in [1.54, 1.807) is 7.11 Å². The molecule has 0 aliphatic heterocycles. The van der Waals surface area contributed by atoms with Crippen LogP contribution in [0.5, 0.6) is 0 Å². The highest BCUT2D eigenvalue weighted by Crippen LogP contribution is 2.47. The molecule has 1 nitrogen and oxygen atoms in total. The molecule has 3 rings (SSSR count). The van der Waals surface area contributed by atoms with E-state index in [1.165, 1.54) is 19.3 Å². The van der Waals surface area contributed by atoms with Crippen LogP contribution in [0, 0.1) is 29.6 Å². The van der Waals surface area contributed by atoms with Gasteiger partial charge in [0.1, 0.15) is 12.3 Å². The Morgan fingerprint density at radius 3 is 1.58 bits per heavy atom. The van der Waals surface area contributed by atoms with Gasteiger partial charge in [-0.25, -0.2) is 8.78 Å². The highest BCUT2D eigenvalue weighted by molar-refractivity contribution is 4.95. The van der Waals surface area contributed by atoms with Crippen molar-refractivity contribution in [3.8, 4) is 0 Å². The first kappa shape index (κ1) is 18.6. The smallest absolute Gasteiger partial charge is 0.134 e. The average Bonchev–Trinajstić information content (AvgIpc) is 2.64. The van der Waals surface area contributed by atoms with Crippen molar-refractivity contribution >= 4 is 0 Å². The molecule has 0 bridgehead atoms. The maximum atomic E-state index is 15.0. The molecule has 140 valence electrons. The van der Waals surface area contributed by atoms with Crippen LogP contribution in [0.2, 0.25) is 0 Å². The van der Waals surface area contributed by atoms with Gasteiger partial charge in [0, 0.05) is 7.11 Å². The van der Waals surface area contributed by atoms with Crippen molar-refractivity contribution in [1.82, 2.24) is 0 Å². The van der Waals surface area contributed by atoms with Crippen LogP contribution in [0.4, 0.5) is 8.78 Å². The summed E-state index contributed by atoms with van der Waals surface area (Å²) >= 11 is 0. The van der Waals surface area contributed by atoms with E-state index >= 15 is 0 Å². The van der Waals surface area contributed by atoms with Gasteiger partial charge in [-0.3, -0.25) is 0 Å². The quantitative estimate of drug-likeness (QED) is 0.599. The molecule has 24 heavy (non-hydrogen) atoms. The maximum Gasteiger partial charge on any atom is 0.134 e. The SMILES string of the molecule is CCC1CCC(C2CCC(C3CCC(OC)CC3)C(F)C2F)CC1. The van der Waals surface area contributed by atoms with Crippen LogP contribution in [-0.2, 0) is 4.74 Å². The second-order valence-electron chi connectivity index (χ2n) is 8.76. The minimum Gasteiger partial charge on any atom is -0.381 e. The molecule has 0 aromatic rings. The monoisotopic (exact) mass is 342 g/mol. The topological polar surface area (TPSA) is 9.23 Å². The van der Waals surface area contributed by atoms with Gasteiger partial charge in [0.2, 0.25) is 0 Å². The largest absolute Gasteiger partial charge is 0.381 e. The molecule has 0 radical (unpaired) electrons. The average molecular weight is 343 g/mol. The van der Waals surface area contributed by atoms with Gasteiger partial charge in [-0.05, 0) is 81.0 Å². The predicted molar refractivity (Wildman–Crippen MR) is 94.5 cm³/mol. The Labute approximate surface area is 146 Å². The Bertz CT molecular complexity index is 336. The zero-order chi connectivity index (χ0) is 17.1. The van der Waals surface area contributed by atoms with E-state index in [2.05, 4.69) is 6.92 Å². The van der Waals surface area contributed by atoms with E-state index in [0.29, 0.717) is 17.9 Å². The number of hydrogen-bond donors (Lipinski definition) is 0. The summed E-state index contributed by atoms with van der Waals surface area (Å²) in [5.41, 5.74) is 0. The van der Waals surface area contributed by atoms with Crippen molar-refractivity contribution in [1.29, 1.82) is 0 Å². The van der Waals surface area contributed by atoms with Crippen molar-refractivity contribution in [3.63, 3.8) is 0 Å². The van der Waals surface area contributed by atoms with E-state index in [9.17, 15) is 8.78 Å². The lowest BCUT2D eigenvalue weighted by molar-refractivity contribution is -0.0439. The summed E-state index contributed by atoms with van der Waals surface area (Å²) < 4.78 is 35.3. The number of ether oxygens (including phenoxy) is 1. The molecule has 0 aromatic carbocycles. The fraction of sp³-hybridized carbons (Fsp3) is 1.00. The van der Waals surface area contributed by atoms with Gasteiger partial charge in [-0.1, -0.05) is 26.2 Å². The number of rotatable bonds is 4. The Kier molecular flexibility index (Phi) is 6.56. The van der Waals surface area contributed by atoms with Crippen molar-refractivity contribution in [2.24, 2.45) is 29.6 Å². The number of halogens is 2. The van der Waals surface area contributed by atoms with Gasteiger partial charge in [0.25, 0.3) is 0 Å². The zero-order valence-corrected chi connectivity index (χ0v) is 15.6. The molecule has 0 amide bonds. The number of alkyl halides is 2. The van der Waals surface area contributed by atoms with Gasteiger partial charge < -0.3 is 4.74 Å². The van der Waals surface area contributed by atoms with Gasteiger partial charge >= 0.3 is 0 Å². The Morgan fingerprint density at radius 1 is 0.708 bits per heavy atom. The minimum absolute atomic E-state index is 0.00984. The molecule has 3 fully saturated rings. The molecule has 0 saturated heterocycles. The minimum atomic E-state index is -1.23. The summed E-state index contributed by atoms with van der Waals surface area (Å²) in [5.74, 6) is 1.59. The Hall–Kier alpha value is -0.180. The Morgan fingerprint density at radius 2 is 1.17 bits per heavy atom. The van der Waals surface area contributed by atoms with Crippen LogP contribution < -0.4 is 0 Å². The molecule has 3 aliphatic carbocycles. The van der Waals surface area contributed by atoms with Crippen LogP contribution in [0.3, 0.4) is 0 Å². The number of methoxy groups -OCH3 is 1. The fourth-order valence-corrected chi connectivity index (χ4v) is 5.94. The molecule has 0 spiro atoms. The predicted octanol–water partition coefficient (Wildman–Crippen LogP) is 6.11. The first-order valence-corrected chi connectivity index (χ1v) is 10.4. The molecule has 0 aromatic heterocycles. The molecule has 3 heteroatoms. The van der Waals surface area contributed by atoms with E-state index < -0.39 is 12.3 Å². The molecule has 3 aliphatic rings. The third-order valence-corrected chi connectivity index (χ3v) is 7.69. The lowest BCUT2D eigenvalue weighted by Crippen LogP contribution is -2.45. The summed E-state index contributed by atoms with van der Waals surface area (Å²) in [6.45, 7) is 2.25. The summed E-state index contributed by atoms with van der Waals surface area (Å²) in [5, 5.41) is 0. The number of hydrogen-bond acceptors (Lipinski definition) is 1. The normalized spacial score (nSPS) is 47.5. The molecule has 4 unspecified atom stereocenters. The summed E-state index contributed by atoms with van der Waals surface area (Å²) in [7, 11) is 1.76. The molecule has 4 atom stereocenters. The zero-order valence-electron chi connectivity index (χ0n) is 15.6. The van der Waals surface area contributed by atoms with Gasteiger partial charge in [-0.15, -0.1) is 0 Å². The molecule has 3 saturated carbocycles. The van der Waals surface area contributed by atoms with Crippen LogP contribution in [0.1, 0.15) is 77.6 Å². The lowest BCUT2D eigenvalue weighted by atomic mass is 9.64. The van der Waals surface area contributed by atoms with E-state index in [4.69, 9.17) is 4.74 Å². The highest BCUT2D eigenvalue weighted by atomic mass is 19.2. The third-order valence-electron chi connectivity index (χ3n) is 7.69. The van der Waals surface area contributed by atoms with Gasteiger partial charge in [0.05, 0.1) is 6.10 Å². The maximum absolute atomic E-state index is 15.0. The highest BCUT2D eigenvalue weighted by Gasteiger charge is 2.46. The van der Waals surface area contributed by atoms with Gasteiger partial charge in [0.15, 0.2) is 0 Å². The summed E-state index contributed by atoms with van der Waals surface area (Å²) in [4.78, 5) is 0. The van der Waals surface area contributed by atoms with Crippen molar-refractivity contribution in [3.05, 3.63) is 0 Å². The Balaban J connectivity index is 1.53. The standard InChI is InChI=1S/C21H36F2O/c1-3-14-4-6-15(7-5-14)18-12-13-19(21(23)20(18)22)16-8-10-17(24-2)11-9-16/h14-21H,3-13H2,1-2H3. The van der Waals surface area contributed by atoms with E-state index in [0.717, 1.165) is 57.3 Å². The summed E-state index contributed by atoms with van der Waals surface area (Å²) in [6, 6.07) is 0. The van der Waals surface area contributed by atoms with Crippen molar-refractivity contribution < 1.29 is 13.5 Å². The molecular formula is C21H36F2O. The van der Waals surface area contributed by atoms with Crippen LogP contribution in [0.15, 0.2) is 0 Å². The lowest BCUT2D eigenvalue weighted by Gasteiger charge is -2.44. The molecule has 0 heterocycles. The molecular weight excluding hydrogens is 306 g/mol.